The summed E-state index contributed by atoms with van der Waals surface area (Å²) in [6, 6.07) is 0. The molecule has 0 aliphatic rings. The number of allylic oxidation sites excluding steroid dienone is 10. The van der Waals surface area contributed by atoms with Crippen LogP contribution in [0.1, 0.15) is 387 Å². The van der Waals surface area contributed by atoms with Crippen molar-refractivity contribution in [2.24, 2.45) is 0 Å². The standard InChI is InChI=1S/C83H152O17P2/c1-5-9-13-17-21-25-29-33-37-38-42-44-48-52-56-60-64-68-81(86)94-74-79(100-83(88)70-66-62-58-54-50-46-41-36-32-28-24-20-16-12-8-4)76-98-102(91,92)96-72-77(84)71-95-101(89,90)97-75-78(99-82(87)69-65-61-57-53-49-45-40-35-31-27-23-19-15-11-7-3)73-93-80(85)67-63-59-55-51-47-43-39-34-30-26-22-18-14-10-6-2/h24,26,28,30,33,35-37,40-41,77-79,84H,5-23,25,27,29,31-32,34,38-39,42-76H2,1-4H3,(H,89,90)(H,91,92)/t77?,78-,79-/m1/s1. The van der Waals surface area contributed by atoms with Crippen LogP contribution in [0, 0.1) is 0 Å². The maximum atomic E-state index is 13.1. The zero-order chi connectivity index (χ0) is 74.6. The van der Waals surface area contributed by atoms with Gasteiger partial charge in [-0.25, -0.2) is 9.13 Å². The molecule has 0 bridgehead atoms. The molecule has 3 unspecified atom stereocenters. The summed E-state index contributed by atoms with van der Waals surface area (Å²) in [5.41, 5.74) is 0. The highest BCUT2D eigenvalue weighted by molar-refractivity contribution is 7.47. The first kappa shape index (κ1) is 98.8. The lowest BCUT2D eigenvalue weighted by molar-refractivity contribution is -0.161. The number of phosphoric acid groups is 2. The first-order valence-electron chi connectivity index (χ1n) is 41.5. The molecule has 17 nitrogen and oxygen atoms in total. The third kappa shape index (κ3) is 75.0. The number of hydrogen-bond acceptors (Lipinski definition) is 15. The van der Waals surface area contributed by atoms with E-state index in [0.717, 1.165) is 154 Å². The van der Waals surface area contributed by atoms with Crippen LogP contribution in [0.3, 0.4) is 0 Å². The maximum Gasteiger partial charge on any atom is 0.472 e. The van der Waals surface area contributed by atoms with Crippen LogP contribution in [-0.4, -0.2) is 96.7 Å². The van der Waals surface area contributed by atoms with Gasteiger partial charge in [-0.3, -0.25) is 37.3 Å². The summed E-state index contributed by atoms with van der Waals surface area (Å²) in [6.45, 7) is 4.88. The Kier molecular flexibility index (Phi) is 73.6. The first-order valence-corrected chi connectivity index (χ1v) is 44.5. The lowest BCUT2D eigenvalue weighted by Crippen LogP contribution is -2.30. The van der Waals surface area contributed by atoms with Gasteiger partial charge in [0.1, 0.15) is 19.3 Å². The molecule has 0 aromatic heterocycles. The molecule has 596 valence electrons. The van der Waals surface area contributed by atoms with E-state index in [1.807, 2.05) is 0 Å². The number of ether oxygens (including phenoxy) is 4. The van der Waals surface area contributed by atoms with Gasteiger partial charge in [0.05, 0.1) is 26.4 Å². The third-order valence-electron chi connectivity index (χ3n) is 17.9. The predicted molar refractivity (Wildman–Crippen MR) is 418 cm³/mol. The number of carbonyl (C=O) groups excluding carboxylic acids is 4. The number of aliphatic hydroxyl groups excluding tert-OH is 1. The molecular weight excluding hydrogens is 1330 g/mol. The van der Waals surface area contributed by atoms with Crippen molar-refractivity contribution in [2.75, 3.05) is 39.6 Å². The van der Waals surface area contributed by atoms with E-state index in [1.165, 1.54) is 154 Å². The van der Waals surface area contributed by atoms with E-state index in [9.17, 15) is 43.2 Å². The Morgan fingerprint density at radius 2 is 0.480 bits per heavy atom. The zero-order valence-electron chi connectivity index (χ0n) is 65.3. The number of unbranched alkanes of at least 4 members (excludes halogenated alkanes) is 43. The molecule has 0 saturated carbocycles. The van der Waals surface area contributed by atoms with Gasteiger partial charge < -0.3 is 33.8 Å². The second-order valence-corrected chi connectivity index (χ2v) is 31.0. The molecule has 19 heteroatoms. The monoisotopic (exact) mass is 1480 g/mol. The van der Waals surface area contributed by atoms with Crippen molar-refractivity contribution in [3.63, 3.8) is 0 Å². The van der Waals surface area contributed by atoms with Crippen LogP contribution in [0.5, 0.6) is 0 Å². The van der Waals surface area contributed by atoms with Gasteiger partial charge in [-0.2, -0.15) is 0 Å². The Morgan fingerprint density at radius 3 is 0.765 bits per heavy atom. The third-order valence-corrected chi connectivity index (χ3v) is 19.8. The molecule has 0 aliphatic carbocycles. The number of rotatable bonds is 79. The topological polar surface area (TPSA) is 237 Å². The quantitative estimate of drug-likeness (QED) is 0.0169. The summed E-state index contributed by atoms with van der Waals surface area (Å²) in [5.74, 6) is -2.17. The van der Waals surface area contributed by atoms with Crippen LogP contribution < -0.4 is 0 Å². The average molecular weight is 1480 g/mol. The number of hydrogen-bond donors (Lipinski definition) is 3. The van der Waals surface area contributed by atoms with Crippen LogP contribution in [0.4, 0.5) is 0 Å². The summed E-state index contributed by atoms with van der Waals surface area (Å²) < 4.78 is 68.7. The lowest BCUT2D eigenvalue weighted by atomic mass is 10.1. The molecule has 0 radical (unpaired) electrons. The van der Waals surface area contributed by atoms with Gasteiger partial charge in [0.25, 0.3) is 0 Å². The largest absolute Gasteiger partial charge is 0.472 e. The minimum absolute atomic E-state index is 0.0820. The Hall–Kier alpha value is -3.24. The van der Waals surface area contributed by atoms with Crippen molar-refractivity contribution in [1.29, 1.82) is 0 Å². The van der Waals surface area contributed by atoms with E-state index in [0.29, 0.717) is 25.7 Å². The summed E-state index contributed by atoms with van der Waals surface area (Å²) in [4.78, 5) is 73.1. The molecule has 0 rings (SSSR count). The molecular formula is C83H152O17P2. The van der Waals surface area contributed by atoms with E-state index in [4.69, 9.17) is 37.0 Å². The van der Waals surface area contributed by atoms with Crippen LogP contribution in [0.2, 0.25) is 0 Å². The number of aliphatic hydroxyl groups is 1. The van der Waals surface area contributed by atoms with Gasteiger partial charge in [0.15, 0.2) is 12.2 Å². The fourth-order valence-electron chi connectivity index (χ4n) is 11.5. The smallest absolute Gasteiger partial charge is 0.462 e. The SMILES string of the molecule is CCCCCC=CCC=CCCCCCCCC(=O)O[C@H](COC(=O)CCCCCCCCCC=CCCCCCCCC)COP(=O)(O)OCC(O)COP(=O)(O)OC[C@@H](COC(=O)CCCCCCCCCC=CCCCCCC)OC(=O)CCCCCCCC=CCCCCCCCC. The second-order valence-electron chi connectivity index (χ2n) is 28.1. The van der Waals surface area contributed by atoms with Crippen molar-refractivity contribution >= 4 is 39.5 Å². The van der Waals surface area contributed by atoms with E-state index < -0.39 is 97.5 Å². The molecule has 0 spiro atoms. The molecule has 0 aromatic carbocycles. The minimum Gasteiger partial charge on any atom is -0.462 e. The summed E-state index contributed by atoms with van der Waals surface area (Å²) >= 11 is 0. The fraction of sp³-hybridized carbons (Fsp3) is 0.831. The van der Waals surface area contributed by atoms with Crippen LogP contribution in [-0.2, 0) is 65.4 Å². The van der Waals surface area contributed by atoms with Gasteiger partial charge in [-0.05, 0) is 135 Å². The van der Waals surface area contributed by atoms with Crippen molar-refractivity contribution in [3.05, 3.63) is 60.8 Å². The van der Waals surface area contributed by atoms with Crippen LogP contribution >= 0.6 is 15.6 Å². The number of carbonyl (C=O) groups is 4. The van der Waals surface area contributed by atoms with Crippen LogP contribution in [0.25, 0.3) is 0 Å². The highest BCUT2D eigenvalue weighted by Gasteiger charge is 2.30. The van der Waals surface area contributed by atoms with Crippen molar-refractivity contribution in [1.82, 2.24) is 0 Å². The molecule has 0 heterocycles. The van der Waals surface area contributed by atoms with Gasteiger partial charge in [0, 0.05) is 25.7 Å². The van der Waals surface area contributed by atoms with Gasteiger partial charge in [-0.15, -0.1) is 0 Å². The van der Waals surface area contributed by atoms with Gasteiger partial charge >= 0.3 is 39.5 Å². The Morgan fingerprint density at radius 1 is 0.275 bits per heavy atom. The van der Waals surface area contributed by atoms with Gasteiger partial charge in [-0.1, -0.05) is 288 Å². The summed E-state index contributed by atoms with van der Waals surface area (Å²) in [5, 5.41) is 10.6. The predicted octanol–water partition coefficient (Wildman–Crippen LogP) is 24.2. The van der Waals surface area contributed by atoms with E-state index in [-0.39, 0.29) is 25.7 Å². The Labute approximate surface area is 622 Å². The molecule has 0 fully saturated rings. The average Bonchev–Trinajstić information content (AvgIpc) is 0.919. The van der Waals surface area contributed by atoms with E-state index in [2.05, 4.69) is 88.5 Å². The molecule has 3 N–H and O–H groups in total. The Balaban J connectivity index is 5.34. The molecule has 0 aliphatic heterocycles. The second kappa shape index (κ2) is 76.0. The van der Waals surface area contributed by atoms with E-state index in [1.54, 1.807) is 0 Å². The first-order chi connectivity index (χ1) is 49.7. The van der Waals surface area contributed by atoms with E-state index >= 15 is 0 Å². The molecule has 0 saturated heterocycles. The van der Waals surface area contributed by atoms with Crippen molar-refractivity contribution in [2.45, 2.75) is 406 Å². The molecule has 5 atom stereocenters. The highest BCUT2D eigenvalue weighted by atomic mass is 31.2. The zero-order valence-corrected chi connectivity index (χ0v) is 67.1. The number of esters is 4. The van der Waals surface area contributed by atoms with Crippen LogP contribution in [0.15, 0.2) is 60.8 Å². The lowest BCUT2D eigenvalue weighted by Gasteiger charge is -2.21. The maximum absolute atomic E-state index is 13.1. The Bertz CT molecular complexity index is 2170. The molecule has 0 amide bonds. The summed E-state index contributed by atoms with van der Waals surface area (Å²) in [7, 11) is -9.95. The normalized spacial score (nSPS) is 14.1. The highest BCUT2D eigenvalue weighted by Crippen LogP contribution is 2.45. The van der Waals surface area contributed by atoms with Gasteiger partial charge in [0.2, 0.25) is 0 Å². The molecule has 102 heavy (non-hydrogen) atoms. The minimum atomic E-state index is -4.98. The number of phosphoric ester groups is 2. The molecule has 0 aromatic rings. The summed E-state index contributed by atoms with van der Waals surface area (Å²) in [6.07, 6.45) is 76.1. The fourth-order valence-corrected chi connectivity index (χ4v) is 13.1. The van der Waals surface area contributed by atoms with Crippen molar-refractivity contribution in [3.8, 4) is 0 Å². The van der Waals surface area contributed by atoms with Crippen molar-refractivity contribution < 1.29 is 80.2 Å².